The van der Waals surface area contributed by atoms with Gasteiger partial charge < -0.3 is 0 Å². The molecule has 0 aromatic carbocycles. The van der Waals surface area contributed by atoms with Crippen molar-refractivity contribution >= 4 is 35.3 Å². The van der Waals surface area contributed by atoms with Crippen molar-refractivity contribution in [3.05, 3.63) is 0 Å². The Hall–Kier alpha value is 0.999. The predicted molar refractivity (Wildman–Crippen MR) is 30.2 cm³/mol. The van der Waals surface area contributed by atoms with E-state index < -0.39 is 7.63 Å². The zero-order valence-electron chi connectivity index (χ0n) is 3.86. The number of hydrogen-bond acceptors (Lipinski definition) is 1. The number of rotatable bonds is 1. The summed E-state index contributed by atoms with van der Waals surface area (Å²) in [6.45, 7) is 3.81. The second-order valence-electron chi connectivity index (χ2n) is 1.48. The Balaban J connectivity index is 3.17. The molecule has 0 aliphatic rings. The summed E-state index contributed by atoms with van der Waals surface area (Å²) in [7, 11) is -1.70. The van der Waals surface area contributed by atoms with Crippen LogP contribution in [-0.2, 0) is 3.48 Å². The van der Waals surface area contributed by atoms with Crippen molar-refractivity contribution in [3.8, 4) is 0 Å². The molecule has 0 N–H and O–H groups in total. The summed E-state index contributed by atoms with van der Waals surface area (Å²) >= 11 is 7.77. The van der Waals surface area contributed by atoms with Gasteiger partial charge in [0.15, 0.2) is 0 Å². The molecule has 0 amide bonds. The van der Waals surface area contributed by atoms with Crippen molar-refractivity contribution in [3.63, 3.8) is 0 Å². The van der Waals surface area contributed by atoms with Crippen LogP contribution in [0.4, 0.5) is 0 Å². The summed E-state index contributed by atoms with van der Waals surface area (Å²) in [6, 6.07) is 0. The van der Waals surface area contributed by atoms with Gasteiger partial charge in [0.05, 0.1) is 0 Å². The molecular weight excluding hydrogens is 131 g/mol. The van der Waals surface area contributed by atoms with Crippen molar-refractivity contribution in [2.45, 2.75) is 13.1 Å². The van der Waals surface area contributed by atoms with Gasteiger partial charge in [0, 0.05) is 0 Å². The molecule has 0 heterocycles. The summed E-state index contributed by atoms with van der Waals surface area (Å²) < 4.78 is 4.76. The van der Waals surface area contributed by atoms with Crippen LogP contribution < -0.4 is 0 Å². The summed E-state index contributed by atoms with van der Waals surface area (Å²) in [4.78, 5) is 0. The van der Waals surface area contributed by atoms with Crippen LogP contribution >= 0.6 is 11.1 Å². The van der Waals surface area contributed by atoms with Gasteiger partial charge in [-0.05, 0) is 0 Å². The maximum absolute atomic E-state index is 5.61. The molecule has 0 fully saturated rings. The summed E-state index contributed by atoms with van der Waals surface area (Å²) in [5.74, 6) is 0. The fourth-order valence-corrected chi connectivity index (χ4v) is 0. The van der Waals surface area contributed by atoms with Gasteiger partial charge in [0.25, 0.3) is 0 Å². The van der Waals surface area contributed by atoms with Gasteiger partial charge in [-0.3, -0.25) is 0 Å². The van der Waals surface area contributed by atoms with Crippen molar-refractivity contribution in [1.82, 2.24) is 0 Å². The van der Waals surface area contributed by atoms with E-state index in [0.717, 1.165) is 0 Å². The summed E-state index contributed by atoms with van der Waals surface area (Å²) in [5.41, 5.74) is 0. The molecular formula is C2H6AlClOSi+2. The van der Waals surface area contributed by atoms with Gasteiger partial charge in [0.2, 0.25) is 0 Å². The summed E-state index contributed by atoms with van der Waals surface area (Å²) in [6.07, 6.45) is 0. The molecule has 0 aromatic rings. The van der Waals surface area contributed by atoms with E-state index >= 15 is 0 Å². The zero-order chi connectivity index (χ0) is 5.21. The van der Waals surface area contributed by atoms with E-state index in [1.807, 2.05) is 13.1 Å². The van der Waals surface area contributed by atoms with Crippen LogP contribution in [0.3, 0.4) is 0 Å². The van der Waals surface area contributed by atoms with Gasteiger partial charge in [-0.25, -0.2) is 0 Å². The molecule has 4 heteroatoms. The van der Waals surface area contributed by atoms with Crippen LogP contribution in [-0.4, -0.2) is 24.3 Å². The first-order valence-corrected chi connectivity index (χ1v) is 6.02. The second kappa shape index (κ2) is 2.34. The molecule has 32 valence electrons. The van der Waals surface area contributed by atoms with Crippen molar-refractivity contribution < 1.29 is 3.48 Å². The van der Waals surface area contributed by atoms with Crippen LogP contribution in [0.25, 0.3) is 0 Å². The molecule has 0 spiro atoms. The van der Waals surface area contributed by atoms with Gasteiger partial charge in [-0.15, -0.1) is 0 Å². The zero-order valence-corrected chi connectivity index (χ0v) is 6.77. The van der Waals surface area contributed by atoms with Gasteiger partial charge in [0.1, 0.15) is 0 Å². The third-order valence-corrected chi connectivity index (χ3v) is 3.32. The average molecular weight is 137 g/mol. The van der Waals surface area contributed by atoms with E-state index in [4.69, 9.17) is 14.6 Å². The van der Waals surface area contributed by atoms with Gasteiger partial charge in [-0.1, -0.05) is 0 Å². The van der Waals surface area contributed by atoms with Gasteiger partial charge >= 0.3 is 51.9 Å². The Bertz CT molecular complexity index is 43.3. The molecule has 6 heavy (non-hydrogen) atoms. The van der Waals surface area contributed by atoms with Crippen LogP contribution in [0.5, 0.6) is 0 Å². The Kier molecular flexibility index (Phi) is 2.73. The second-order valence-corrected chi connectivity index (χ2v) is 7.88. The molecule has 1 nitrogen and oxygen atoms in total. The quantitative estimate of drug-likeness (QED) is 0.387. The topological polar surface area (TPSA) is 9.23 Å². The predicted octanol–water partition coefficient (Wildman–Crippen LogP) is 1.03. The van der Waals surface area contributed by atoms with Gasteiger partial charge in [-0.2, -0.15) is 0 Å². The minimum absolute atomic E-state index is 1.70. The first-order chi connectivity index (χ1) is 2.56. The minimum atomic E-state index is -1.70. The number of hydrogen-bond donors (Lipinski definition) is 0. The molecule has 0 saturated carbocycles. The Morgan fingerprint density at radius 3 is 1.83 bits per heavy atom. The molecule has 0 unspecified atom stereocenters. The first-order valence-electron chi connectivity index (χ1n) is 1.63. The van der Waals surface area contributed by atoms with Crippen molar-refractivity contribution in [2.75, 3.05) is 0 Å². The van der Waals surface area contributed by atoms with Crippen LogP contribution in [0.1, 0.15) is 0 Å². The number of halogens is 1. The van der Waals surface area contributed by atoms with E-state index in [1.54, 1.807) is 0 Å². The van der Waals surface area contributed by atoms with Crippen LogP contribution in [0.2, 0.25) is 13.1 Å². The van der Waals surface area contributed by atoms with Crippen molar-refractivity contribution in [1.29, 1.82) is 0 Å². The van der Waals surface area contributed by atoms with Crippen molar-refractivity contribution in [2.24, 2.45) is 0 Å². The van der Waals surface area contributed by atoms with E-state index in [2.05, 4.69) is 16.6 Å². The average Bonchev–Trinajstić information content (AvgIpc) is 1.35. The van der Waals surface area contributed by atoms with E-state index in [1.165, 1.54) is 0 Å². The van der Waals surface area contributed by atoms with E-state index in [-0.39, 0.29) is 0 Å². The fourth-order valence-electron chi connectivity index (χ4n) is 0. The standard InChI is InChI=1S/C2H6ClOSi.Al/c1-5(2,3)4;/h1-2H3;/q-1;+3. The van der Waals surface area contributed by atoms with Crippen LogP contribution in [0, 0.1) is 0 Å². The third kappa shape index (κ3) is 5.00. The molecule has 0 atom stereocenters. The molecule has 0 saturated heterocycles. The first kappa shape index (κ1) is 7.00. The third-order valence-electron chi connectivity index (χ3n) is 0.280. The Labute approximate surface area is 52.2 Å². The molecule has 0 rings (SSSR count). The monoisotopic (exact) mass is 136 g/mol. The Morgan fingerprint density at radius 1 is 1.67 bits per heavy atom. The fraction of sp³-hybridized carbons (Fsp3) is 1.00. The molecule has 0 aliphatic heterocycles. The molecule has 0 aromatic heterocycles. The summed E-state index contributed by atoms with van der Waals surface area (Å²) in [5, 5.41) is 0. The molecule has 0 aliphatic carbocycles. The maximum atomic E-state index is 5.61. The molecule has 0 bridgehead atoms. The van der Waals surface area contributed by atoms with E-state index in [9.17, 15) is 0 Å². The van der Waals surface area contributed by atoms with E-state index in [0.29, 0.717) is 0 Å². The SMILES string of the molecule is C[Si](C)(Cl)[O][Al+2]. The Morgan fingerprint density at radius 2 is 1.83 bits per heavy atom. The normalized spacial score (nSPS) is 12.2. The van der Waals surface area contributed by atoms with Crippen LogP contribution in [0.15, 0.2) is 0 Å². The molecule has 0 radical (unpaired) electrons.